The van der Waals surface area contributed by atoms with Gasteiger partial charge in [-0.05, 0) is 30.4 Å². The third-order valence-electron chi connectivity index (χ3n) is 4.46. The number of fused-ring (bicyclic) bond motifs is 1. The third kappa shape index (κ3) is 2.93. The molecule has 3 rings (SSSR count). The van der Waals surface area contributed by atoms with Crippen LogP contribution in [0.2, 0.25) is 0 Å². The second-order valence-corrected chi connectivity index (χ2v) is 5.87. The van der Waals surface area contributed by atoms with Gasteiger partial charge in [0.1, 0.15) is 0 Å². The summed E-state index contributed by atoms with van der Waals surface area (Å²) in [6.45, 7) is 1.71. The summed E-state index contributed by atoms with van der Waals surface area (Å²) in [7, 11) is 0. The van der Waals surface area contributed by atoms with Crippen LogP contribution in [0.15, 0.2) is 24.3 Å². The summed E-state index contributed by atoms with van der Waals surface area (Å²) in [5, 5.41) is 12.4. The van der Waals surface area contributed by atoms with E-state index in [-0.39, 0.29) is 11.9 Å². The first-order valence-electron chi connectivity index (χ1n) is 7.47. The molecule has 1 unspecified atom stereocenters. The molecule has 21 heavy (non-hydrogen) atoms. The molecule has 5 nitrogen and oxygen atoms in total. The minimum Gasteiger partial charge on any atom is -0.481 e. The predicted octanol–water partition coefficient (Wildman–Crippen LogP) is 1.02. The average molecular weight is 288 g/mol. The lowest BCUT2D eigenvalue weighted by atomic mass is 9.93. The minimum atomic E-state index is -0.797. The molecule has 1 fully saturated rings. The van der Waals surface area contributed by atoms with Gasteiger partial charge >= 0.3 is 5.97 Å². The highest BCUT2D eigenvalue weighted by atomic mass is 16.4. The average Bonchev–Trinajstić information content (AvgIpc) is 2.53. The van der Waals surface area contributed by atoms with Gasteiger partial charge in [0.05, 0.1) is 12.0 Å². The fraction of sp³-hybridized carbons (Fsp3) is 0.500. The summed E-state index contributed by atoms with van der Waals surface area (Å²) in [5.74, 6) is -1.18. The van der Waals surface area contributed by atoms with Crippen LogP contribution in [0.1, 0.15) is 24.0 Å². The summed E-state index contributed by atoms with van der Waals surface area (Å²) < 4.78 is 0. The SMILES string of the molecule is O=C(O)[C@@H]1CCCN(C(=O)C2Cc3ccccc3CN2)C1. The Balaban J connectivity index is 1.67. The number of carboxylic acids is 1. The maximum atomic E-state index is 12.6. The largest absolute Gasteiger partial charge is 0.481 e. The normalized spacial score (nSPS) is 25.2. The van der Waals surface area contributed by atoms with Crippen LogP contribution in [0, 0.1) is 5.92 Å². The van der Waals surface area contributed by atoms with E-state index in [1.54, 1.807) is 4.90 Å². The molecule has 112 valence electrons. The Morgan fingerprint density at radius 2 is 2.00 bits per heavy atom. The van der Waals surface area contributed by atoms with Crippen molar-refractivity contribution in [3.8, 4) is 0 Å². The van der Waals surface area contributed by atoms with Crippen molar-refractivity contribution < 1.29 is 14.7 Å². The maximum absolute atomic E-state index is 12.6. The molecule has 1 amide bonds. The topological polar surface area (TPSA) is 69.6 Å². The van der Waals surface area contributed by atoms with Gasteiger partial charge < -0.3 is 15.3 Å². The van der Waals surface area contributed by atoms with Crippen molar-refractivity contribution in [3.05, 3.63) is 35.4 Å². The predicted molar refractivity (Wildman–Crippen MR) is 77.7 cm³/mol. The molecule has 2 N–H and O–H groups in total. The first kappa shape index (κ1) is 14.1. The third-order valence-corrected chi connectivity index (χ3v) is 4.46. The number of carbonyl (C=O) groups excluding carboxylic acids is 1. The molecule has 1 aromatic carbocycles. The minimum absolute atomic E-state index is 0.0375. The van der Waals surface area contributed by atoms with Crippen LogP contribution in [0.5, 0.6) is 0 Å². The summed E-state index contributed by atoms with van der Waals surface area (Å²) >= 11 is 0. The van der Waals surface area contributed by atoms with E-state index < -0.39 is 11.9 Å². The Labute approximate surface area is 123 Å². The standard InChI is InChI=1S/C16H20N2O3/c19-15(18-7-3-6-13(10-18)16(20)21)14-8-11-4-1-2-5-12(11)9-17-14/h1-2,4-5,13-14,17H,3,6-10H2,(H,20,21)/t13-,14?/m1/s1. The molecular formula is C16H20N2O3. The van der Waals surface area contributed by atoms with Crippen molar-refractivity contribution >= 4 is 11.9 Å². The fourth-order valence-corrected chi connectivity index (χ4v) is 3.23. The highest BCUT2D eigenvalue weighted by molar-refractivity contribution is 5.83. The number of piperidine rings is 1. The van der Waals surface area contributed by atoms with Crippen molar-refractivity contribution in [2.75, 3.05) is 13.1 Å². The van der Waals surface area contributed by atoms with Gasteiger partial charge in [0, 0.05) is 19.6 Å². The van der Waals surface area contributed by atoms with Gasteiger partial charge in [0.2, 0.25) is 5.91 Å². The van der Waals surface area contributed by atoms with E-state index in [0.29, 0.717) is 32.5 Å². The molecule has 1 aromatic rings. The second-order valence-electron chi connectivity index (χ2n) is 5.87. The summed E-state index contributed by atoms with van der Waals surface area (Å²) in [4.78, 5) is 25.4. The monoisotopic (exact) mass is 288 g/mol. The highest BCUT2D eigenvalue weighted by Crippen LogP contribution is 2.21. The molecule has 5 heteroatoms. The molecule has 0 aliphatic carbocycles. The van der Waals surface area contributed by atoms with E-state index >= 15 is 0 Å². The van der Waals surface area contributed by atoms with Crippen LogP contribution in [-0.4, -0.2) is 41.0 Å². The summed E-state index contributed by atoms with van der Waals surface area (Å²) in [5.41, 5.74) is 2.45. The lowest BCUT2D eigenvalue weighted by Gasteiger charge is -2.35. The number of amides is 1. The zero-order chi connectivity index (χ0) is 14.8. The van der Waals surface area contributed by atoms with E-state index in [1.807, 2.05) is 12.1 Å². The fourth-order valence-electron chi connectivity index (χ4n) is 3.23. The molecule has 2 atom stereocenters. The van der Waals surface area contributed by atoms with E-state index in [1.165, 1.54) is 11.1 Å². The van der Waals surface area contributed by atoms with Crippen LogP contribution in [0.25, 0.3) is 0 Å². The highest BCUT2D eigenvalue weighted by Gasteiger charge is 2.33. The number of nitrogens with one attached hydrogen (secondary N) is 1. The maximum Gasteiger partial charge on any atom is 0.308 e. The van der Waals surface area contributed by atoms with Gasteiger partial charge in [-0.25, -0.2) is 0 Å². The van der Waals surface area contributed by atoms with E-state index in [4.69, 9.17) is 5.11 Å². The number of likely N-dealkylation sites (tertiary alicyclic amines) is 1. The Hall–Kier alpha value is -1.88. The molecule has 2 aliphatic rings. The summed E-state index contributed by atoms with van der Waals surface area (Å²) in [6, 6.07) is 7.90. The molecule has 1 saturated heterocycles. The lowest BCUT2D eigenvalue weighted by Crippen LogP contribution is -2.52. The van der Waals surface area contributed by atoms with E-state index in [9.17, 15) is 9.59 Å². The first-order valence-corrected chi connectivity index (χ1v) is 7.47. The molecule has 0 bridgehead atoms. The quantitative estimate of drug-likeness (QED) is 0.852. The van der Waals surface area contributed by atoms with Gasteiger partial charge in [-0.2, -0.15) is 0 Å². The number of hydrogen-bond acceptors (Lipinski definition) is 3. The Kier molecular flexibility index (Phi) is 3.92. The van der Waals surface area contributed by atoms with Crippen molar-refractivity contribution in [2.45, 2.75) is 31.8 Å². The molecule has 2 aliphatic heterocycles. The number of aliphatic carboxylic acids is 1. The molecule has 0 aromatic heterocycles. The first-order chi connectivity index (χ1) is 10.1. The van der Waals surface area contributed by atoms with Gasteiger partial charge in [0.15, 0.2) is 0 Å². The number of carboxylic acid groups (broad SMARTS) is 1. The molecule has 0 radical (unpaired) electrons. The van der Waals surface area contributed by atoms with Crippen molar-refractivity contribution in [1.29, 1.82) is 0 Å². The molecular weight excluding hydrogens is 268 g/mol. The van der Waals surface area contributed by atoms with Crippen LogP contribution in [-0.2, 0) is 22.6 Å². The van der Waals surface area contributed by atoms with Crippen molar-refractivity contribution in [3.63, 3.8) is 0 Å². The van der Waals surface area contributed by atoms with Crippen molar-refractivity contribution in [2.24, 2.45) is 5.92 Å². The Morgan fingerprint density at radius 1 is 1.24 bits per heavy atom. The van der Waals surface area contributed by atoms with Crippen LogP contribution < -0.4 is 5.32 Å². The van der Waals surface area contributed by atoms with Gasteiger partial charge in [-0.3, -0.25) is 9.59 Å². The van der Waals surface area contributed by atoms with E-state index in [0.717, 1.165) is 6.42 Å². The van der Waals surface area contributed by atoms with Crippen LogP contribution in [0.4, 0.5) is 0 Å². The smallest absolute Gasteiger partial charge is 0.308 e. The Bertz CT molecular complexity index is 558. The van der Waals surface area contributed by atoms with Gasteiger partial charge in [-0.1, -0.05) is 24.3 Å². The number of hydrogen-bond donors (Lipinski definition) is 2. The molecule has 0 spiro atoms. The zero-order valence-corrected chi connectivity index (χ0v) is 11.9. The van der Waals surface area contributed by atoms with Gasteiger partial charge in [-0.15, -0.1) is 0 Å². The lowest BCUT2D eigenvalue weighted by molar-refractivity contribution is -0.146. The van der Waals surface area contributed by atoms with Gasteiger partial charge in [0.25, 0.3) is 0 Å². The van der Waals surface area contributed by atoms with Crippen molar-refractivity contribution in [1.82, 2.24) is 10.2 Å². The molecule has 0 saturated carbocycles. The number of benzene rings is 1. The van der Waals surface area contributed by atoms with Crippen LogP contribution in [0.3, 0.4) is 0 Å². The second kappa shape index (κ2) is 5.85. The van der Waals surface area contributed by atoms with Crippen LogP contribution >= 0.6 is 0 Å². The molecule has 2 heterocycles. The Morgan fingerprint density at radius 3 is 2.76 bits per heavy atom. The number of rotatable bonds is 2. The number of nitrogens with zero attached hydrogens (tertiary/aromatic N) is 1. The van der Waals surface area contributed by atoms with E-state index in [2.05, 4.69) is 17.4 Å². The zero-order valence-electron chi connectivity index (χ0n) is 11.9. The summed E-state index contributed by atoms with van der Waals surface area (Å²) in [6.07, 6.45) is 2.12. The number of carbonyl (C=O) groups is 2.